The van der Waals surface area contributed by atoms with E-state index in [1.54, 1.807) is 6.07 Å². The van der Waals surface area contributed by atoms with E-state index in [0.29, 0.717) is 5.56 Å². The number of halogens is 1. The molecule has 0 saturated heterocycles. The van der Waals surface area contributed by atoms with Gasteiger partial charge in [0.15, 0.2) is 5.84 Å². The molecule has 2 aromatic carbocycles. The summed E-state index contributed by atoms with van der Waals surface area (Å²) in [5.74, 6) is -0.526. The van der Waals surface area contributed by atoms with Gasteiger partial charge in [0.2, 0.25) is 0 Å². The van der Waals surface area contributed by atoms with E-state index in [9.17, 15) is 4.39 Å². The van der Waals surface area contributed by atoms with Crippen molar-refractivity contribution in [3.63, 3.8) is 0 Å². The van der Waals surface area contributed by atoms with E-state index in [0.717, 1.165) is 9.79 Å². The first-order valence-electron chi connectivity index (χ1n) is 5.21. The number of hydrogen-bond donors (Lipinski definition) is 2. The van der Waals surface area contributed by atoms with Gasteiger partial charge >= 0.3 is 0 Å². The summed E-state index contributed by atoms with van der Waals surface area (Å²) >= 11 is 1.43. The quantitative estimate of drug-likeness (QED) is 0.387. The van der Waals surface area contributed by atoms with Crippen molar-refractivity contribution in [1.82, 2.24) is 0 Å². The third-order valence-corrected chi connectivity index (χ3v) is 3.38. The number of nitrogens with zero attached hydrogens (tertiary/aromatic N) is 1. The molecule has 3 nitrogen and oxygen atoms in total. The molecule has 3 N–H and O–H groups in total. The maximum atomic E-state index is 13.2. The van der Waals surface area contributed by atoms with Crippen molar-refractivity contribution >= 4 is 17.6 Å². The van der Waals surface area contributed by atoms with Gasteiger partial charge in [0.05, 0.1) is 0 Å². The van der Waals surface area contributed by atoms with E-state index < -0.39 is 5.82 Å². The third-order valence-electron chi connectivity index (χ3n) is 2.30. The van der Waals surface area contributed by atoms with Crippen molar-refractivity contribution in [3.8, 4) is 0 Å². The van der Waals surface area contributed by atoms with E-state index in [-0.39, 0.29) is 5.84 Å². The summed E-state index contributed by atoms with van der Waals surface area (Å²) in [4.78, 5) is 1.73. The second-order valence-corrected chi connectivity index (χ2v) is 4.66. The first kappa shape index (κ1) is 12.4. The molecule has 0 amide bonds. The lowest BCUT2D eigenvalue weighted by Crippen LogP contribution is -2.14. The van der Waals surface area contributed by atoms with Crippen LogP contribution in [0.25, 0.3) is 0 Å². The smallest absolute Gasteiger partial charge is 0.171 e. The van der Waals surface area contributed by atoms with E-state index >= 15 is 0 Å². The van der Waals surface area contributed by atoms with E-state index in [4.69, 9.17) is 10.9 Å². The molecule has 18 heavy (non-hydrogen) atoms. The summed E-state index contributed by atoms with van der Waals surface area (Å²) in [6, 6.07) is 13.8. The fraction of sp³-hybridized carbons (Fsp3) is 0. The Bertz CT molecular complexity index is 572. The summed E-state index contributed by atoms with van der Waals surface area (Å²) in [5, 5.41) is 11.6. The Labute approximate surface area is 108 Å². The van der Waals surface area contributed by atoms with Gasteiger partial charge in [0, 0.05) is 15.4 Å². The fourth-order valence-corrected chi connectivity index (χ4v) is 2.42. The summed E-state index contributed by atoms with van der Waals surface area (Å²) in [5.41, 5.74) is 5.92. The Balaban J connectivity index is 2.39. The molecule has 0 bridgehead atoms. The van der Waals surface area contributed by atoms with Crippen molar-refractivity contribution in [3.05, 3.63) is 59.9 Å². The Morgan fingerprint density at radius 3 is 2.56 bits per heavy atom. The van der Waals surface area contributed by atoms with E-state index in [2.05, 4.69) is 5.16 Å². The molecule has 0 aliphatic rings. The number of amidine groups is 1. The minimum Gasteiger partial charge on any atom is -0.409 e. The monoisotopic (exact) mass is 262 g/mol. The van der Waals surface area contributed by atoms with Crippen LogP contribution in [0.2, 0.25) is 0 Å². The Morgan fingerprint density at radius 1 is 1.17 bits per heavy atom. The first-order valence-corrected chi connectivity index (χ1v) is 6.02. The molecule has 2 rings (SSSR count). The molecule has 5 heteroatoms. The van der Waals surface area contributed by atoms with Crippen molar-refractivity contribution in [2.45, 2.75) is 9.79 Å². The molecule has 0 radical (unpaired) electrons. The van der Waals surface area contributed by atoms with Gasteiger partial charge in [0.1, 0.15) is 5.82 Å². The van der Waals surface area contributed by atoms with Crippen LogP contribution in [0.3, 0.4) is 0 Å². The Kier molecular flexibility index (Phi) is 3.84. The maximum absolute atomic E-state index is 13.2. The zero-order chi connectivity index (χ0) is 13.0. The molecule has 0 saturated carbocycles. The highest BCUT2D eigenvalue weighted by Crippen LogP contribution is 2.30. The van der Waals surface area contributed by atoms with Crippen molar-refractivity contribution < 1.29 is 9.60 Å². The second kappa shape index (κ2) is 5.55. The molecule has 0 atom stereocenters. The molecule has 92 valence electrons. The van der Waals surface area contributed by atoms with Crippen molar-refractivity contribution in [2.75, 3.05) is 0 Å². The lowest BCUT2D eigenvalue weighted by atomic mass is 10.2. The van der Waals surface area contributed by atoms with Gasteiger partial charge in [-0.05, 0) is 30.3 Å². The summed E-state index contributed by atoms with van der Waals surface area (Å²) in [6.45, 7) is 0. The minimum atomic E-state index is -0.422. The van der Waals surface area contributed by atoms with Crippen LogP contribution in [0.1, 0.15) is 5.56 Å². The van der Waals surface area contributed by atoms with Gasteiger partial charge < -0.3 is 10.9 Å². The van der Waals surface area contributed by atoms with Gasteiger partial charge in [-0.15, -0.1) is 0 Å². The summed E-state index contributed by atoms with van der Waals surface area (Å²) in [6.07, 6.45) is 0. The molecule has 0 aromatic heterocycles. The molecule has 0 spiro atoms. The highest BCUT2D eigenvalue weighted by atomic mass is 32.2. The number of rotatable bonds is 3. The molecular weight excluding hydrogens is 251 g/mol. The molecule has 2 aromatic rings. The van der Waals surface area contributed by atoms with Gasteiger partial charge in [-0.1, -0.05) is 35.1 Å². The zero-order valence-electron chi connectivity index (χ0n) is 9.38. The van der Waals surface area contributed by atoms with Crippen LogP contribution >= 0.6 is 11.8 Å². The lowest BCUT2D eigenvalue weighted by Gasteiger charge is -2.08. The normalized spacial score (nSPS) is 11.5. The SMILES string of the molecule is N/C(=N/O)c1cc(F)ccc1Sc1ccccc1. The van der Waals surface area contributed by atoms with Crippen LogP contribution in [0, 0.1) is 5.82 Å². The average Bonchev–Trinajstić information content (AvgIpc) is 2.41. The maximum Gasteiger partial charge on any atom is 0.171 e. The van der Waals surface area contributed by atoms with Gasteiger partial charge in [-0.2, -0.15) is 0 Å². The number of oxime groups is 1. The lowest BCUT2D eigenvalue weighted by molar-refractivity contribution is 0.318. The molecule has 0 unspecified atom stereocenters. The molecule has 0 aliphatic carbocycles. The first-order chi connectivity index (χ1) is 8.70. The molecule has 0 aliphatic heterocycles. The van der Waals surface area contributed by atoms with Crippen LogP contribution < -0.4 is 5.73 Å². The largest absolute Gasteiger partial charge is 0.409 e. The van der Waals surface area contributed by atoms with Crippen molar-refractivity contribution in [1.29, 1.82) is 0 Å². The van der Waals surface area contributed by atoms with Crippen molar-refractivity contribution in [2.24, 2.45) is 10.9 Å². The standard InChI is InChI=1S/C13H11FN2OS/c14-9-6-7-12(11(8-9)13(15)16-17)18-10-4-2-1-3-5-10/h1-8,17H,(H2,15,16). The minimum absolute atomic E-state index is 0.104. The average molecular weight is 262 g/mol. The van der Waals surface area contributed by atoms with Crippen LogP contribution in [0.15, 0.2) is 63.5 Å². The number of benzene rings is 2. The topological polar surface area (TPSA) is 58.6 Å². The van der Waals surface area contributed by atoms with Crippen LogP contribution in [-0.2, 0) is 0 Å². The fourth-order valence-electron chi connectivity index (χ4n) is 1.46. The van der Waals surface area contributed by atoms with Crippen LogP contribution in [0.5, 0.6) is 0 Å². The number of nitrogens with two attached hydrogens (primary N) is 1. The predicted molar refractivity (Wildman–Crippen MR) is 69.5 cm³/mol. The zero-order valence-corrected chi connectivity index (χ0v) is 10.2. The van der Waals surface area contributed by atoms with E-state index in [1.807, 2.05) is 30.3 Å². The molecular formula is C13H11FN2OS. The highest BCUT2D eigenvalue weighted by molar-refractivity contribution is 7.99. The Hall–Kier alpha value is -2.01. The molecule has 0 heterocycles. The van der Waals surface area contributed by atoms with Gasteiger partial charge in [-0.3, -0.25) is 0 Å². The second-order valence-electron chi connectivity index (χ2n) is 3.54. The van der Waals surface area contributed by atoms with Crippen LogP contribution in [0.4, 0.5) is 4.39 Å². The molecule has 0 fully saturated rings. The van der Waals surface area contributed by atoms with Crippen LogP contribution in [-0.4, -0.2) is 11.0 Å². The Morgan fingerprint density at radius 2 is 1.89 bits per heavy atom. The van der Waals surface area contributed by atoms with Gasteiger partial charge in [0.25, 0.3) is 0 Å². The van der Waals surface area contributed by atoms with Gasteiger partial charge in [-0.25, -0.2) is 4.39 Å². The number of hydrogen-bond acceptors (Lipinski definition) is 3. The third kappa shape index (κ3) is 2.81. The van der Waals surface area contributed by atoms with E-state index in [1.165, 1.54) is 23.9 Å². The summed E-state index contributed by atoms with van der Waals surface area (Å²) < 4.78 is 13.2. The highest BCUT2D eigenvalue weighted by Gasteiger charge is 2.10. The summed E-state index contributed by atoms with van der Waals surface area (Å²) in [7, 11) is 0. The predicted octanol–water partition coefficient (Wildman–Crippen LogP) is 3.07.